The Bertz CT molecular complexity index is 299. The highest BCUT2D eigenvalue weighted by molar-refractivity contribution is 6.58. The van der Waals surface area contributed by atoms with E-state index in [0.717, 1.165) is 5.56 Å². The molecule has 0 atom stereocenters. The monoisotopic (exact) mass is 177 g/mol. The standard InChI is InChI=1S/C9H12BNO2/c12-10(13)9-4-8(5-11-6-9)7-2-1-3-7/h4-7,12-13H,1-3H2. The minimum Gasteiger partial charge on any atom is -0.423 e. The molecular weight excluding hydrogens is 165 g/mol. The van der Waals surface area contributed by atoms with E-state index >= 15 is 0 Å². The molecule has 1 heterocycles. The predicted octanol–water partition coefficient (Wildman–Crippen LogP) is 0.0289. The van der Waals surface area contributed by atoms with Crippen molar-refractivity contribution in [2.24, 2.45) is 0 Å². The third kappa shape index (κ3) is 1.74. The summed E-state index contributed by atoms with van der Waals surface area (Å²) in [4.78, 5) is 3.99. The predicted molar refractivity (Wildman–Crippen MR) is 50.7 cm³/mol. The van der Waals surface area contributed by atoms with Crippen LogP contribution in [-0.2, 0) is 0 Å². The van der Waals surface area contributed by atoms with Gasteiger partial charge in [-0.2, -0.15) is 0 Å². The summed E-state index contributed by atoms with van der Waals surface area (Å²) in [6.07, 6.45) is 6.98. The second kappa shape index (κ2) is 3.48. The van der Waals surface area contributed by atoms with E-state index in [0.29, 0.717) is 11.4 Å². The van der Waals surface area contributed by atoms with Gasteiger partial charge in [0.2, 0.25) is 0 Å². The molecule has 0 aromatic carbocycles. The molecule has 2 N–H and O–H groups in total. The average Bonchev–Trinajstić information content (AvgIpc) is 2.01. The molecule has 1 fully saturated rings. The van der Waals surface area contributed by atoms with Crippen LogP contribution in [0.25, 0.3) is 0 Å². The highest BCUT2D eigenvalue weighted by atomic mass is 16.4. The van der Waals surface area contributed by atoms with E-state index in [4.69, 9.17) is 10.0 Å². The molecule has 1 aliphatic rings. The normalized spacial score (nSPS) is 16.8. The molecule has 13 heavy (non-hydrogen) atoms. The van der Waals surface area contributed by atoms with Crippen LogP contribution in [0.2, 0.25) is 0 Å². The van der Waals surface area contributed by atoms with Crippen molar-refractivity contribution in [3.8, 4) is 0 Å². The van der Waals surface area contributed by atoms with Gasteiger partial charge in [0.1, 0.15) is 0 Å². The Labute approximate surface area is 77.6 Å². The van der Waals surface area contributed by atoms with Crippen LogP contribution < -0.4 is 5.46 Å². The fourth-order valence-corrected chi connectivity index (χ4v) is 1.58. The number of nitrogens with zero attached hydrogens (tertiary/aromatic N) is 1. The molecule has 0 saturated heterocycles. The van der Waals surface area contributed by atoms with Gasteiger partial charge in [0.25, 0.3) is 0 Å². The number of pyridine rings is 1. The van der Waals surface area contributed by atoms with Crippen molar-refractivity contribution in [1.29, 1.82) is 0 Å². The first kappa shape index (κ1) is 8.72. The fourth-order valence-electron chi connectivity index (χ4n) is 1.58. The van der Waals surface area contributed by atoms with Crippen molar-refractivity contribution >= 4 is 12.6 Å². The van der Waals surface area contributed by atoms with Gasteiger partial charge in [0.15, 0.2) is 0 Å². The first-order chi connectivity index (χ1) is 6.27. The average molecular weight is 177 g/mol. The lowest BCUT2D eigenvalue weighted by molar-refractivity contribution is 0.416. The first-order valence-electron chi connectivity index (χ1n) is 4.58. The second-order valence-corrected chi connectivity index (χ2v) is 3.55. The smallest absolute Gasteiger partial charge is 0.423 e. The lowest BCUT2D eigenvalue weighted by Gasteiger charge is -2.25. The van der Waals surface area contributed by atoms with Gasteiger partial charge in [-0.1, -0.05) is 12.5 Å². The Balaban J connectivity index is 2.21. The molecule has 4 heteroatoms. The Kier molecular flexibility index (Phi) is 2.33. The van der Waals surface area contributed by atoms with Crippen LogP contribution in [0, 0.1) is 0 Å². The molecule has 0 bridgehead atoms. The van der Waals surface area contributed by atoms with Gasteiger partial charge in [-0.25, -0.2) is 0 Å². The van der Waals surface area contributed by atoms with E-state index < -0.39 is 7.12 Å². The van der Waals surface area contributed by atoms with Crippen molar-refractivity contribution in [1.82, 2.24) is 4.98 Å². The van der Waals surface area contributed by atoms with Crippen LogP contribution in [0.1, 0.15) is 30.7 Å². The van der Waals surface area contributed by atoms with Gasteiger partial charge in [0, 0.05) is 17.9 Å². The molecule has 0 radical (unpaired) electrons. The van der Waals surface area contributed by atoms with Crippen molar-refractivity contribution in [3.05, 3.63) is 24.0 Å². The molecule has 3 nitrogen and oxygen atoms in total. The Morgan fingerprint density at radius 1 is 1.31 bits per heavy atom. The van der Waals surface area contributed by atoms with Gasteiger partial charge in [-0.05, 0) is 24.3 Å². The Hall–Kier alpha value is -0.865. The van der Waals surface area contributed by atoms with E-state index in [9.17, 15) is 0 Å². The molecule has 0 aliphatic heterocycles. The largest absolute Gasteiger partial charge is 0.490 e. The summed E-state index contributed by atoms with van der Waals surface area (Å²) >= 11 is 0. The molecule has 0 amide bonds. The van der Waals surface area contributed by atoms with E-state index in [1.54, 1.807) is 0 Å². The fraction of sp³-hybridized carbons (Fsp3) is 0.444. The van der Waals surface area contributed by atoms with E-state index in [-0.39, 0.29) is 0 Å². The van der Waals surface area contributed by atoms with Gasteiger partial charge < -0.3 is 10.0 Å². The SMILES string of the molecule is OB(O)c1cncc(C2CCC2)c1. The number of aromatic nitrogens is 1. The molecule has 1 aliphatic carbocycles. The van der Waals surface area contributed by atoms with Crippen molar-refractivity contribution in [2.75, 3.05) is 0 Å². The minimum absolute atomic E-state index is 0.490. The van der Waals surface area contributed by atoms with Crippen LogP contribution in [0.3, 0.4) is 0 Å². The Morgan fingerprint density at radius 2 is 2.08 bits per heavy atom. The molecule has 1 aromatic rings. The molecule has 2 rings (SSSR count). The zero-order valence-electron chi connectivity index (χ0n) is 7.35. The highest BCUT2D eigenvalue weighted by Gasteiger charge is 2.21. The number of hydrogen-bond acceptors (Lipinski definition) is 3. The van der Waals surface area contributed by atoms with Crippen molar-refractivity contribution in [2.45, 2.75) is 25.2 Å². The summed E-state index contributed by atoms with van der Waals surface area (Å²) in [7, 11) is -1.40. The Morgan fingerprint density at radius 3 is 2.62 bits per heavy atom. The van der Waals surface area contributed by atoms with E-state index in [1.807, 2.05) is 12.3 Å². The van der Waals surface area contributed by atoms with Gasteiger partial charge in [-0.3, -0.25) is 4.98 Å². The van der Waals surface area contributed by atoms with Gasteiger partial charge in [-0.15, -0.1) is 0 Å². The third-order valence-electron chi connectivity index (χ3n) is 2.66. The van der Waals surface area contributed by atoms with Crippen LogP contribution >= 0.6 is 0 Å². The molecular formula is C9H12BNO2. The van der Waals surface area contributed by atoms with Crippen LogP contribution in [-0.4, -0.2) is 22.2 Å². The lowest BCUT2D eigenvalue weighted by atomic mass is 9.76. The summed E-state index contributed by atoms with van der Waals surface area (Å²) in [6.45, 7) is 0. The van der Waals surface area contributed by atoms with Gasteiger partial charge >= 0.3 is 7.12 Å². The van der Waals surface area contributed by atoms with Crippen molar-refractivity contribution < 1.29 is 10.0 Å². The molecule has 0 spiro atoms. The van der Waals surface area contributed by atoms with Crippen LogP contribution in [0.5, 0.6) is 0 Å². The first-order valence-corrected chi connectivity index (χ1v) is 4.58. The van der Waals surface area contributed by atoms with Crippen LogP contribution in [0.15, 0.2) is 18.5 Å². The van der Waals surface area contributed by atoms with Gasteiger partial charge in [0.05, 0.1) is 0 Å². The highest BCUT2D eigenvalue weighted by Crippen LogP contribution is 2.35. The number of hydrogen-bond donors (Lipinski definition) is 2. The minimum atomic E-state index is -1.40. The third-order valence-corrected chi connectivity index (χ3v) is 2.66. The summed E-state index contributed by atoms with van der Waals surface area (Å²) in [5.74, 6) is 0.589. The molecule has 0 unspecified atom stereocenters. The maximum atomic E-state index is 8.94. The summed E-state index contributed by atoms with van der Waals surface area (Å²) in [5, 5.41) is 17.9. The summed E-state index contributed by atoms with van der Waals surface area (Å²) in [6, 6.07) is 1.83. The maximum Gasteiger partial charge on any atom is 0.490 e. The molecule has 68 valence electrons. The van der Waals surface area contributed by atoms with E-state index in [1.165, 1.54) is 25.5 Å². The van der Waals surface area contributed by atoms with Crippen LogP contribution in [0.4, 0.5) is 0 Å². The van der Waals surface area contributed by atoms with E-state index in [2.05, 4.69) is 4.98 Å². The topological polar surface area (TPSA) is 53.4 Å². The molecule has 1 saturated carbocycles. The van der Waals surface area contributed by atoms with Crippen molar-refractivity contribution in [3.63, 3.8) is 0 Å². The summed E-state index contributed by atoms with van der Waals surface area (Å²) < 4.78 is 0. The lowest BCUT2D eigenvalue weighted by Crippen LogP contribution is -2.31. The molecule has 1 aromatic heterocycles. The summed E-state index contributed by atoms with van der Waals surface area (Å²) in [5.41, 5.74) is 1.63. The zero-order chi connectivity index (χ0) is 9.26. The second-order valence-electron chi connectivity index (χ2n) is 3.55. The number of rotatable bonds is 2. The zero-order valence-corrected chi connectivity index (χ0v) is 7.35. The quantitative estimate of drug-likeness (QED) is 0.626. The maximum absolute atomic E-state index is 8.94.